The van der Waals surface area contributed by atoms with Crippen LogP contribution in [0.15, 0.2) is 30.3 Å². The fourth-order valence-electron chi connectivity index (χ4n) is 3.74. The van der Waals surface area contributed by atoms with Gasteiger partial charge < -0.3 is 10.4 Å². The highest BCUT2D eigenvalue weighted by atomic mass is 16.3. The molecule has 3 atom stereocenters. The first kappa shape index (κ1) is 14.5. The molecule has 21 heavy (non-hydrogen) atoms. The van der Waals surface area contributed by atoms with E-state index in [1.807, 2.05) is 18.2 Å². The Hall–Kier alpha value is -1.39. The van der Waals surface area contributed by atoms with Gasteiger partial charge in [-0.2, -0.15) is 0 Å². The van der Waals surface area contributed by atoms with Gasteiger partial charge in [0.2, 0.25) is 5.91 Å². The SMILES string of the molecule is O=C(CN1C[C@H]2CC(O)C[C@H]2C1)NCCc1ccccc1. The molecule has 1 amide bonds. The maximum absolute atomic E-state index is 12.0. The van der Waals surface area contributed by atoms with Crippen LogP contribution in [0.1, 0.15) is 18.4 Å². The van der Waals surface area contributed by atoms with Crippen LogP contribution in [0.4, 0.5) is 0 Å². The Morgan fingerprint density at radius 2 is 1.86 bits per heavy atom. The normalized spacial score (nSPS) is 28.5. The number of aliphatic hydroxyl groups is 1. The topological polar surface area (TPSA) is 52.6 Å². The molecule has 2 aliphatic rings. The van der Waals surface area contributed by atoms with E-state index in [1.165, 1.54) is 5.56 Å². The number of nitrogens with one attached hydrogen (secondary N) is 1. The van der Waals surface area contributed by atoms with Gasteiger partial charge >= 0.3 is 0 Å². The Morgan fingerprint density at radius 1 is 1.19 bits per heavy atom. The van der Waals surface area contributed by atoms with Gasteiger partial charge in [0.05, 0.1) is 12.6 Å². The van der Waals surface area contributed by atoms with E-state index >= 15 is 0 Å². The van der Waals surface area contributed by atoms with Gasteiger partial charge in [0.15, 0.2) is 0 Å². The number of nitrogens with zero attached hydrogens (tertiary/aromatic N) is 1. The molecule has 1 aliphatic carbocycles. The first-order chi connectivity index (χ1) is 10.2. The largest absolute Gasteiger partial charge is 0.393 e. The second kappa shape index (κ2) is 6.58. The first-order valence-corrected chi connectivity index (χ1v) is 7.92. The van der Waals surface area contributed by atoms with E-state index in [4.69, 9.17) is 0 Å². The molecule has 0 spiro atoms. The summed E-state index contributed by atoms with van der Waals surface area (Å²) in [7, 11) is 0. The maximum atomic E-state index is 12.0. The molecule has 1 saturated carbocycles. The highest BCUT2D eigenvalue weighted by Crippen LogP contribution is 2.37. The molecule has 0 radical (unpaired) electrons. The first-order valence-electron chi connectivity index (χ1n) is 7.92. The fourth-order valence-corrected chi connectivity index (χ4v) is 3.74. The Bertz CT molecular complexity index is 463. The van der Waals surface area contributed by atoms with Crippen LogP contribution in [-0.4, -0.2) is 48.2 Å². The third-order valence-corrected chi connectivity index (χ3v) is 4.75. The van der Waals surface area contributed by atoms with Crippen LogP contribution in [0.3, 0.4) is 0 Å². The van der Waals surface area contributed by atoms with E-state index in [0.717, 1.165) is 32.4 Å². The van der Waals surface area contributed by atoms with Crippen molar-refractivity contribution in [2.45, 2.75) is 25.4 Å². The van der Waals surface area contributed by atoms with Gasteiger partial charge in [0, 0.05) is 19.6 Å². The van der Waals surface area contributed by atoms with Crippen LogP contribution in [0.5, 0.6) is 0 Å². The van der Waals surface area contributed by atoms with Crippen molar-refractivity contribution in [3.63, 3.8) is 0 Å². The summed E-state index contributed by atoms with van der Waals surface area (Å²) < 4.78 is 0. The van der Waals surface area contributed by atoms with Gasteiger partial charge in [-0.1, -0.05) is 30.3 Å². The maximum Gasteiger partial charge on any atom is 0.234 e. The molecule has 2 N–H and O–H groups in total. The zero-order valence-corrected chi connectivity index (χ0v) is 12.4. The standard InChI is InChI=1S/C17H24N2O2/c20-16-8-14-10-19(11-15(14)9-16)12-17(21)18-7-6-13-4-2-1-3-5-13/h1-5,14-16,20H,6-12H2,(H,18,21)/t14-,15+,16?. The average molecular weight is 288 g/mol. The molecule has 1 saturated heterocycles. The van der Waals surface area contributed by atoms with Crippen LogP contribution in [0, 0.1) is 11.8 Å². The molecule has 114 valence electrons. The second-order valence-electron chi connectivity index (χ2n) is 6.43. The number of benzene rings is 1. The lowest BCUT2D eigenvalue weighted by Crippen LogP contribution is -2.37. The molecule has 4 nitrogen and oxygen atoms in total. The molecule has 0 aromatic heterocycles. The molecule has 1 aromatic carbocycles. The molecule has 4 heteroatoms. The minimum absolute atomic E-state index is 0.109. The second-order valence-corrected chi connectivity index (χ2v) is 6.43. The van der Waals surface area contributed by atoms with E-state index in [2.05, 4.69) is 22.3 Å². The lowest BCUT2D eigenvalue weighted by Gasteiger charge is -2.17. The zero-order valence-electron chi connectivity index (χ0n) is 12.4. The van der Waals surface area contributed by atoms with Gasteiger partial charge in [-0.3, -0.25) is 9.69 Å². The van der Waals surface area contributed by atoms with Crippen molar-refractivity contribution in [2.24, 2.45) is 11.8 Å². The van der Waals surface area contributed by atoms with Crippen LogP contribution in [0.2, 0.25) is 0 Å². The van der Waals surface area contributed by atoms with Gasteiger partial charge in [0.1, 0.15) is 0 Å². The molecular weight excluding hydrogens is 264 g/mol. The quantitative estimate of drug-likeness (QED) is 0.851. The molecule has 2 fully saturated rings. The van der Waals surface area contributed by atoms with Gasteiger partial charge in [-0.05, 0) is 36.7 Å². The third kappa shape index (κ3) is 3.83. The van der Waals surface area contributed by atoms with E-state index < -0.39 is 0 Å². The summed E-state index contributed by atoms with van der Waals surface area (Å²) in [6.07, 6.45) is 2.60. The lowest BCUT2D eigenvalue weighted by atomic mass is 10.0. The number of aliphatic hydroxyl groups excluding tert-OH is 1. The predicted molar refractivity (Wildman–Crippen MR) is 81.8 cm³/mol. The van der Waals surface area contributed by atoms with Crippen molar-refractivity contribution in [1.82, 2.24) is 10.2 Å². The van der Waals surface area contributed by atoms with Crippen LogP contribution >= 0.6 is 0 Å². The van der Waals surface area contributed by atoms with Crippen molar-refractivity contribution in [3.8, 4) is 0 Å². The zero-order chi connectivity index (χ0) is 14.7. The fraction of sp³-hybridized carbons (Fsp3) is 0.588. The van der Waals surface area contributed by atoms with Gasteiger partial charge in [0.25, 0.3) is 0 Å². The van der Waals surface area contributed by atoms with E-state index in [0.29, 0.717) is 24.9 Å². The van der Waals surface area contributed by atoms with Crippen molar-refractivity contribution < 1.29 is 9.90 Å². The van der Waals surface area contributed by atoms with Gasteiger partial charge in [-0.15, -0.1) is 0 Å². The number of rotatable bonds is 5. The summed E-state index contributed by atoms with van der Waals surface area (Å²) in [5.74, 6) is 1.31. The number of carbonyl (C=O) groups excluding carboxylic acids is 1. The molecule has 1 aliphatic heterocycles. The van der Waals surface area contributed by atoms with Crippen molar-refractivity contribution in [1.29, 1.82) is 0 Å². The summed E-state index contributed by atoms with van der Waals surface area (Å²) in [6, 6.07) is 10.2. The Labute approximate surface area is 126 Å². The Kier molecular flexibility index (Phi) is 4.56. The van der Waals surface area contributed by atoms with Crippen LogP contribution < -0.4 is 5.32 Å². The van der Waals surface area contributed by atoms with Crippen molar-refractivity contribution >= 4 is 5.91 Å². The number of likely N-dealkylation sites (tertiary alicyclic amines) is 1. The summed E-state index contributed by atoms with van der Waals surface area (Å²) >= 11 is 0. The number of hydrogen-bond donors (Lipinski definition) is 2. The number of amides is 1. The van der Waals surface area contributed by atoms with E-state index in [-0.39, 0.29) is 12.0 Å². The lowest BCUT2D eigenvalue weighted by molar-refractivity contribution is -0.122. The van der Waals surface area contributed by atoms with E-state index in [1.54, 1.807) is 0 Å². The highest BCUT2D eigenvalue weighted by molar-refractivity contribution is 5.78. The molecule has 1 unspecified atom stereocenters. The summed E-state index contributed by atoms with van der Waals surface area (Å²) in [5, 5.41) is 12.6. The Balaban J connectivity index is 1.36. The number of carbonyl (C=O) groups is 1. The molecule has 0 bridgehead atoms. The van der Waals surface area contributed by atoms with Crippen LogP contribution in [-0.2, 0) is 11.2 Å². The average Bonchev–Trinajstić information content (AvgIpc) is 2.96. The summed E-state index contributed by atoms with van der Waals surface area (Å²) in [4.78, 5) is 14.2. The minimum atomic E-state index is -0.109. The Morgan fingerprint density at radius 3 is 2.52 bits per heavy atom. The minimum Gasteiger partial charge on any atom is -0.393 e. The van der Waals surface area contributed by atoms with E-state index in [9.17, 15) is 9.90 Å². The summed E-state index contributed by atoms with van der Waals surface area (Å²) in [5.41, 5.74) is 1.25. The third-order valence-electron chi connectivity index (χ3n) is 4.75. The smallest absolute Gasteiger partial charge is 0.234 e. The predicted octanol–water partition coefficient (Wildman–Crippen LogP) is 1.05. The summed E-state index contributed by atoms with van der Waals surface area (Å²) in [6.45, 7) is 3.13. The highest BCUT2D eigenvalue weighted by Gasteiger charge is 2.40. The van der Waals surface area contributed by atoms with Crippen molar-refractivity contribution in [3.05, 3.63) is 35.9 Å². The van der Waals surface area contributed by atoms with Crippen LogP contribution in [0.25, 0.3) is 0 Å². The molecule has 1 aromatic rings. The molecule has 3 rings (SSSR count). The monoisotopic (exact) mass is 288 g/mol. The molecule has 1 heterocycles. The number of hydrogen-bond acceptors (Lipinski definition) is 3. The van der Waals surface area contributed by atoms with Crippen molar-refractivity contribution in [2.75, 3.05) is 26.2 Å². The number of fused-ring (bicyclic) bond motifs is 1. The van der Waals surface area contributed by atoms with Gasteiger partial charge in [-0.25, -0.2) is 0 Å². The molecular formula is C17H24N2O2.